The first-order valence-corrected chi connectivity index (χ1v) is 7.09. The summed E-state index contributed by atoms with van der Waals surface area (Å²) in [7, 11) is 1.41. The van der Waals surface area contributed by atoms with Crippen molar-refractivity contribution in [3.8, 4) is 0 Å². The standard InChI is InChI=1S/C10H12O2.C7H6N2O3/c1-12-10(11)8-7-9-5-3-2-4-6-9;8-7(10)5-3-1-2-4-6(5)9(11)12/h2-6H,7-8H2,1H3;1-4H,(H2,8,10). The van der Waals surface area contributed by atoms with Crippen molar-refractivity contribution in [1.82, 2.24) is 0 Å². The molecule has 0 aliphatic carbocycles. The predicted octanol–water partition coefficient (Wildman–Crippen LogP) is 2.49. The van der Waals surface area contributed by atoms with E-state index >= 15 is 0 Å². The number of rotatable bonds is 5. The Balaban J connectivity index is 0.000000240. The van der Waals surface area contributed by atoms with Crippen LogP contribution in [-0.2, 0) is 16.0 Å². The lowest BCUT2D eigenvalue weighted by atomic mass is 10.1. The van der Waals surface area contributed by atoms with Gasteiger partial charge in [0.1, 0.15) is 5.56 Å². The van der Waals surface area contributed by atoms with E-state index in [2.05, 4.69) is 4.74 Å². The second-order valence-corrected chi connectivity index (χ2v) is 4.70. The fourth-order valence-electron chi connectivity index (χ4n) is 1.83. The molecule has 0 heterocycles. The molecule has 2 aromatic rings. The molecule has 0 saturated carbocycles. The summed E-state index contributed by atoms with van der Waals surface area (Å²) >= 11 is 0. The SMILES string of the molecule is COC(=O)CCc1ccccc1.NC(=O)c1ccccc1[N+](=O)[O-]. The minimum absolute atomic E-state index is 0.0671. The third kappa shape index (κ3) is 6.27. The van der Waals surface area contributed by atoms with Gasteiger partial charge in [-0.3, -0.25) is 19.7 Å². The van der Waals surface area contributed by atoms with Gasteiger partial charge in [-0.1, -0.05) is 42.5 Å². The van der Waals surface area contributed by atoms with Crippen LogP contribution in [0.3, 0.4) is 0 Å². The lowest BCUT2D eigenvalue weighted by Gasteiger charge is -1.98. The van der Waals surface area contributed by atoms with Gasteiger partial charge in [-0.05, 0) is 18.1 Å². The van der Waals surface area contributed by atoms with Crippen molar-refractivity contribution in [2.24, 2.45) is 5.73 Å². The molecule has 2 aromatic carbocycles. The van der Waals surface area contributed by atoms with E-state index < -0.39 is 10.8 Å². The van der Waals surface area contributed by atoms with Crippen LogP contribution < -0.4 is 5.73 Å². The summed E-state index contributed by atoms with van der Waals surface area (Å²) < 4.78 is 4.53. The van der Waals surface area contributed by atoms with E-state index in [4.69, 9.17) is 5.73 Å². The number of nitrogens with zero attached hydrogens (tertiary/aromatic N) is 1. The number of nitrogens with two attached hydrogens (primary N) is 1. The van der Waals surface area contributed by atoms with Gasteiger partial charge in [0.05, 0.1) is 12.0 Å². The molecule has 24 heavy (non-hydrogen) atoms. The second-order valence-electron chi connectivity index (χ2n) is 4.70. The first kappa shape index (κ1) is 18.8. The molecule has 0 radical (unpaired) electrons. The number of hydrogen-bond acceptors (Lipinski definition) is 5. The highest BCUT2D eigenvalue weighted by Crippen LogP contribution is 2.16. The number of carbonyl (C=O) groups excluding carboxylic acids is 2. The van der Waals surface area contributed by atoms with Gasteiger partial charge in [-0.25, -0.2) is 0 Å². The lowest BCUT2D eigenvalue weighted by Crippen LogP contribution is -2.12. The summed E-state index contributed by atoms with van der Waals surface area (Å²) in [5.74, 6) is -0.943. The van der Waals surface area contributed by atoms with E-state index in [1.165, 1.54) is 36.9 Å². The number of nitro benzene ring substituents is 1. The van der Waals surface area contributed by atoms with Crippen LogP contribution >= 0.6 is 0 Å². The summed E-state index contributed by atoms with van der Waals surface area (Å²) in [6, 6.07) is 15.4. The van der Waals surface area contributed by atoms with Gasteiger partial charge in [0.15, 0.2) is 0 Å². The minimum Gasteiger partial charge on any atom is -0.469 e. The lowest BCUT2D eigenvalue weighted by molar-refractivity contribution is -0.385. The molecular weight excluding hydrogens is 312 g/mol. The van der Waals surface area contributed by atoms with Crippen molar-refractivity contribution in [2.75, 3.05) is 7.11 Å². The van der Waals surface area contributed by atoms with Crippen LogP contribution in [0.1, 0.15) is 22.3 Å². The predicted molar refractivity (Wildman–Crippen MR) is 88.4 cm³/mol. The molecular formula is C17H18N2O5. The van der Waals surface area contributed by atoms with Gasteiger partial charge < -0.3 is 10.5 Å². The molecule has 2 N–H and O–H groups in total. The van der Waals surface area contributed by atoms with Gasteiger partial charge in [0.25, 0.3) is 11.6 Å². The summed E-state index contributed by atoms with van der Waals surface area (Å²) in [6.45, 7) is 0. The number of ether oxygens (including phenoxy) is 1. The number of aryl methyl sites for hydroxylation is 1. The Morgan fingerprint density at radius 3 is 2.17 bits per heavy atom. The maximum absolute atomic E-state index is 10.8. The Morgan fingerprint density at radius 1 is 1.08 bits per heavy atom. The van der Waals surface area contributed by atoms with Crippen LogP contribution in [0.2, 0.25) is 0 Å². The number of amides is 1. The summed E-state index contributed by atoms with van der Waals surface area (Å²) in [4.78, 5) is 31.1. The molecule has 0 saturated heterocycles. The average molecular weight is 330 g/mol. The van der Waals surface area contributed by atoms with Crippen molar-refractivity contribution in [2.45, 2.75) is 12.8 Å². The number of para-hydroxylation sites is 1. The van der Waals surface area contributed by atoms with Crippen LogP contribution in [0.25, 0.3) is 0 Å². The highest BCUT2D eigenvalue weighted by atomic mass is 16.6. The minimum atomic E-state index is -0.790. The zero-order valence-corrected chi connectivity index (χ0v) is 13.2. The van der Waals surface area contributed by atoms with Gasteiger partial charge in [-0.2, -0.15) is 0 Å². The summed E-state index contributed by atoms with van der Waals surface area (Å²) in [5, 5.41) is 10.3. The molecule has 0 aliphatic heterocycles. The fourth-order valence-corrected chi connectivity index (χ4v) is 1.83. The molecule has 0 aliphatic rings. The van der Waals surface area contributed by atoms with Crippen molar-refractivity contribution in [1.29, 1.82) is 0 Å². The number of nitro groups is 1. The van der Waals surface area contributed by atoms with E-state index in [-0.39, 0.29) is 17.2 Å². The van der Waals surface area contributed by atoms with Crippen molar-refractivity contribution < 1.29 is 19.2 Å². The Hall–Kier alpha value is -3.22. The van der Waals surface area contributed by atoms with Gasteiger partial charge in [-0.15, -0.1) is 0 Å². The molecule has 0 fully saturated rings. The third-order valence-corrected chi connectivity index (χ3v) is 3.05. The number of hydrogen-bond donors (Lipinski definition) is 1. The zero-order chi connectivity index (χ0) is 17.9. The quantitative estimate of drug-likeness (QED) is 0.514. The maximum Gasteiger partial charge on any atom is 0.305 e. The Labute approximate surface area is 139 Å². The topological polar surface area (TPSA) is 113 Å². The highest BCUT2D eigenvalue weighted by Gasteiger charge is 2.15. The van der Waals surface area contributed by atoms with E-state index in [1.807, 2.05) is 30.3 Å². The van der Waals surface area contributed by atoms with Crippen LogP contribution in [0.15, 0.2) is 54.6 Å². The van der Waals surface area contributed by atoms with Crippen LogP contribution in [0.4, 0.5) is 5.69 Å². The van der Waals surface area contributed by atoms with Crippen LogP contribution in [0, 0.1) is 10.1 Å². The molecule has 7 heteroatoms. The molecule has 0 atom stereocenters. The molecule has 0 bridgehead atoms. The second kappa shape index (κ2) is 9.73. The zero-order valence-electron chi connectivity index (χ0n) is 13.2. The van der Waals surface area contributed by atoms with E-state index in [0.717, 1.165) is 6.42 Å². The molecule has 0 aromatic heterocycles. The van der Waals surface area contributed by atoms with E-state index in [9.17, 15) is 19.7 Å². The number of primary amides is 1. The highest BCUT2D eigenvalue weighted by molar-refractivity contribution is 5.96. The van der Waals surface area contributed by atoms with Crippen LogP contribution in [-0.4, -0.2) is 23.9 Å². The molecule has 0 spiro atoms. The molecule has 1 amide bonds. The molecule has 0 unspecified atom stereocenters. The molecule has 126 valence electrons. The maximum atomic E-state index is 10.8. The van der Waals surface area contributed by atoms with Crippen molar-refractivity contribution >= 4 is 17.6 Å². The van der Waals surface area contributed by atoms with Gasteiger partial charge in [0.2, 0.25) is 0 Å². The molecule has 2 rings (SSSR count). The average Bonchev–Trinajstić information content (AvgIpc) is 2.61. The Morgan fingerprint density at radius 2 is 1.67 bits per heavy atom. The summed E-state index contributed by atoms with van der Waals surface area (Å²) in [6.07, 6.45) is 1.22. The third-order valence-electron chi connectivity index (χ3n) is 3.05. The number of methoxy groups -OCH3 is 1. The normalized spacial score (nSPS) is 9.38. The first-order chi connectivity index (χ1) is 11.5. The molecule has 7 nitrogen and oxygen atoms in total. The van der Waals surface area contributed by atoms with E-state index in [1.54, 1.807) is 0 Å². The summed E-state index contributed by atoms with van der Waals surface area (Å²) in [5.41, 5.74) is 5.75. The van der Waals surface area contributed by atoms with Crippen molar-refractivity contribution in [3.05, 3.63) is 75.8 Å². The van der Waals surface area contributed by atoms with E-state index in [0.29, 0.717) is 6.42 Å². The van der Waals surface area contributed by atoms with Crippen LogP contribution in [0.5, 0.6) is 0 Å². The van der Waals surface area contributed by atoms with Gasteiger partial charge >= 0.3 is 5.97 Å². The van der Waals surface area contributed by atoms with Crippen molar-refractivity contribution in [3.63, 3.8) is 0 Å². The fraction of sp³-hybridized carbons (Fsp3) is 0.176. The smallest absolute Gasteiger partial charge is 0.305 e. The van der Waals surface area contributed by atoms with Gasteiger partial charge in [0, 0.05) is 12.5 Å². The Kier molecular flexibility index (Phi) is 7.63. The number of carbonyl (C=O) groups is 2. The monoisotopic (exact) mass is 330 g/mol. The number of esters is 1. The Bertz CT molecular complexity index is 668. The number of benzene rings is 2. The first-order valence-electron chi connectivity index (χ1n) is 7.09. The largest absolute Gasteiger partial charge is 0.469 e.